The fourth-order valence-corrected chi connectivity index (χ4v) is 4.43. The van der Waals surface area contributed by atoms with Crippen LogP contribution in [-0.4, -0.2) is 8.07 Å². The highest BCUT2D eigenvalue weighted by molar-refractivity contribution is 6.81. The summed E-state index contributed by atoms with van der Waals surface area (Å²) in [7, 11) is -1.15. The Hall–Kier alpha value is -1.08. The van der Waals surface area contributed by atoms with Gasteiger partial charge in [-0.05, 0) is 44.1 Å². The Morgan fingerprint density at radius 3 is 2.29 bits per heavy atom. The summed E-state index contributed by atoms with van der Waals surface area (Å²) in [6.45, 7) is 7.32. The third kappa shape index (κ3) is 6.47. The first-order chi connectivity index (χ1) is 10.0. The summed E-state index contributed by atoms with van der Waals surface area (Å²) in [5.41, 5.74) is 7.35. The van der Waals surface area contributed by atoms with Crippen LogP contribution in [0.3, 0.4) is 0 Å². The highest BCUT2D eigenvalue weighted by Crippen LogP contribution is 2.26. The van der Waals surface area contributed by atoms with E-state index in [4.69, 9.17) is 0 Å². The predicted molar refractivity (Wildman–Crippen MR) is 97.4 cm³/mol. The van der Waals surface area contributed by atoms with Gasteiger partial charge in [0.15, 0.2) is 0 Å². The van der Waals surface area contributed by atoms with Crippen molar-refractivity contribution in [2.45, 2.75) is 64.6 Å². The van der Waals surface area contributed by atoms with Gasteiger partial charge in [-0.15, -0.1) is 0 Å². The molecule has 0 nitrogen and oxygen atoms in total. The SMILES string of the molecule is C[Si](C)(C)/C=C(/C=C1CCCCC1)CCc1ccccc1. The lowest BCUT2D eigenvalue weighted by atomic mass is 9.92. The summed E-state index contributed by atoms with van der Waals surface area (Å²) < 4.78 is 0. The number of aryl methyl sites for hydroxylation is 1. The topological polar surface area (TPSA) is 0 Å². The molecule has 1 aromatic carbocycles. The fraction of sp³-hybridized carbons (Fsp3) is 0.500. The summed E-state index contributed by atoms with van der Waals surface area (Å²) in [6, 6.07) is 10.9. The average Bonchev–Trinajstić information content (AvgIpc) is 2.45. The number of benzene rings is 1. The second-order valence-electron chi connectivity index (χ2n) is 7.43. The third-order valence-corrected chi connectivity index (χ3v) is 5.29. The number of rotatable bonds is 5. The highest BCUT2D eigenvalue weighted by atomic mass is 28.3. The molecular formula is C20H30Si. The van der Waals surface area contributed by atoms with Crippen LogP contribution in [-0.2, 0) is 6.42 Å². The van der Waals surface area contributed by atoms with Gasteiger partial charge < -0.3 is 0 Å². The van der Waals surface area contributed by atoms with E-state index in [1.807, 2.05) is 0 Å². The van der Waals surface area contributed by atoms with Crippen molar-refractivity contribution in [3.8, 4) is 0 Å². The molecule has 1 aliphatic carbocycles. The second kappa shape index (κ2) is 7.79. The molecule has 1 saturated carbocycles. The first kappa shape index (κ1) is 16.3. The Kier molecular flexibility index (Phi) is 6.04. The van der Waals surface area contributed by atoms with E-state index >= 15 is 0 Å². The molecule has 2 rings (SSSR count). The number of allylic oxidation sites excluding steroid dienone is 3. The van der Waals surface area contributed by atoms with Gasteiger partial charge in [-0.3, -0.25) is 0 Å². The van der Waals surface area contributed by atoms with Crippen LogP contribution in [0.1, 0.15) is 44.1 Å². The van der Waals surface area contributed by atoms with Crippen molar-refractivity contribution in [1.29, 1.82) is 0 Å². The molecule has 0 aliphatic heterocycles. The van der Waals surface area contributed by atoms with Gasteiger partial charge in [-0.25, -0.2) is 0 Å². The standard InChI is InChI=1S/C20H30Si/c1-21(2,3)17-20(16-19-12-8-5-9-13-19)15-14-18-10-6-4-7-11-18/h4,6-7,10-11,16-17H,5,8-9,12-15H2,1-3H3/b20-17+. The molecule has 1 aliphatic rings. The van der Waals surface area contributed by atoms with Gasteiger partial charge >= 0.3 is 0 Å². The van der Waals surface area contributed by atoms with Crippen LogP contribution in [0, 0.1) is 0 Å². The smallest absolute Gasteiger partial charge is 0.0690 e. The van der Waals surface area contributed by atoms with Crippen molar-refractivity contribution < 1.29 is 0 Å². The molecule has 0 bridgehead atoms. The van der Waals surface area contributed by atoms with E-state index < -0.39 is 8.07 Å². The van der Waals surface area contributed by atoms with Crippen molar-refractivity contribution in [2.24, 2.45) is 0 Å². The third-order valence-electron chi connectivity index (χ3n) is 4.05. The molecule has 0 amide bonds. The second-order valence-corrected chi connectivity index (χ2v) is 12.5. The highest BCUT2D eigenvalue weighted by Gasteiger charge is 2.12. The Bertz CT molecular complexity index is 480. The fourth-order valence-electron chi connectivity index (χ4n) is 3.09. The zero-order valence-electron chi connectivity index (χ0n) is 14.0. The zero-order chi connectivity index (χ0) is 15.1. The molecule has 1 aromatic rings. The normalized spacial score (nSPS) is 16.9. The molecule has 114 valence electrons. The quantitative estimate of drug-likeness (QED) is 0.558. The van der Waals surface area contributed by atoms with E-state index in [0.717, 1.165) is 0 Å². The van der Waals surface area contributed by atoms with Gasteiger partial charge in [0.05, 0.1) is 8.07 Å². The number of hydrogen-bond donors (Lipinski definition) is 0. The lowest BCUT2D eigenvalue weighted by Gasteiger charge is -2.17. The molecular weight excluding hydrogens is 268 g/mol. The first-order valence-electron chi connectivity index (χ1n) is 8.48. The van der Waals surface area contributed by atoms with Gasteiger partial charge in [-0.1, -0.05) is 79.3 Å². The van der Waals surface area contributed by atoms with Crippen molar-refractivity contribution in [3.63, 3.8) is 0 Å². The van der Waals surface area contributed by atoms with E-state index in [-0.39, 0.29) is 0 Å². The van der Waals surface area contributed by atoms with Gasteiger partial charge in [0, 0.05) is 0 Å². The lowest BCUT2D eigenvalue weighted by molar-refractivity contribution is 0.598. The monoisotopic (exact) mass is 298 g/mol. The Labute approximate surface area is 132 Å². The molecule has 0 N–H and O–H groups in total. The van der Waals surface area contributed by atoms with Gasteiger partial charge in [0.25, 0.3) is 0 Å². The Morgan fingerprint density at radius 2 is 1.67 bits per heavy atom. The molecule has 1 fully saturated rings. The molecule has 0 aromatic heterocycles. The Balaban J connectivity index is 2.07. The molecule has 0 saturated heterocycles. The lowest BCUT2D eigenvalue weighted by Crippen LogP contribution is -2.17. The van der Waals surface area contributed by atoms with E-state index in [0.29, 0.717) is 0 Å². The first-order valence-corrected chi connectivity index (χ1v) is 12.1. The molecule has 0 unspecified atom stereocenters. The maximum absolute atomic E-state index is 2.61. The predicted octanol–water partition coefficient (Wildman–Crippen LogP) is 6.31. The van der Waals surface area contributed by atoms with E-state index in [1.54, 1.807) is 11.1 Å². The molecule has 0 radical (unpaired) electrons. The van der Waals surface area contributed by atoms with Gasteiger partial charge in [0.1, 0.15) is 0 Å². The van der Waals surface area contributed by atoms with Crippen LogP contribution in [0.25, 0.3) is 0 Å². The summed E-state index contributed by atoms with van der Waals surface area (Å²) in [4.78, 5) is 0. The minimum Gasteiger partial charge on any atom is -0.0919 e. The summed E-state index contributed by atoms with van der Waals surface area (Å²) in [5, 5.41) is 0. The van der Waals surface area contributed by atoms with Crippen LogP contribution in [0.15, 0.2) is 53.3 Å². The van der Waals surface area contributed by atoms with Crippen molar-refractivity contribution >= 4 is 8.07 Å². The molecule has 0 heterocycles. The maximum Gasteiger partial charge on any atom is 0.0690 e. The van der Waals surface area contributed by atoms with Crippen LogP contribution in [0.2, 0.25) is 19.6 Å². The van der Waals surface area contributed by atoms with Gasteiger partial charge in [0.2, 0.25) is 0 Å². The van der Waals surface area contributed by atoms with Gasteiger partial charge in [-0.2, -0.15) is 0 Å². The zero-order valence-corrected chi connectivity index (χ0v) is 15.0. The molecule has 0 spiro atoms. The van der Waals surface area contributed by atoms with E-state index in [9.17, 15) is 0 Å². The molecule has 1 heteroatoms. The van der Waals surface area contributed by atoms with E-state index in [2.05, 4.69) is 61.7 Å². The van der Waals surface area contributed by atoms with Crippen LogP contribution in [0.4, 0.5) is 0 Å². The van der Waals surface area contributed by atoms with Crippen LogP contribution < -0.4 is 0 Å². The minimum absolute atomic E-state index is 1.15. The molecule has 21 heavy (non-hydrogen) atoms. The van der Waals surface area contributed by atoms with E-state index in [1.165, 1.54) is 50.5 Å². The summed E-state index contributed by atoms with van der Waals surface area (Å²) in [5.74, 6) is 0. The molecule has 0 atom stereocenters. The van der Waals surface area contributed by atoms with Crippen LogP contribution >= 0.6 is 0 Å². The van der Waals surface area contributed by atoms with Crippen molar-refractivity contribution in [2.75, 3.05) is 0 Å². The minimum atomic E-state index is -1.15. The summed E-state index contributed by atoms with van der Waals surface area (Å²) >= 11 is 0. The summed E-state index contributed by atoms with van der Waals surface area (Å²) in [6.07, 6.45) is 11.8. The van der Waals surface area contributed by atoms with Crippen LogP contribution in [0.5, 0.6) is 0 Å². The number of hydrogen-bond acceptors (Lipinski definition) is 0. The van der Waals surface area contributed by atoms with Crippen molar-refractivity contribution in [3.05, 3.63) is 58.8 Å². The largest absolute Gasteiger partial charge is 0.0919 e. The van der Waals surface area contributed by atoms with Crippen molar-refractivity contribution in [1.82, 2.24) is 0 Å². The Morgan fingerprint density at radius 1 is 1.00 bits per heavy atom. The maximum atomic E-state index is 2.61. The average molecular weight is 299 g/mol.